The predicted molar refractivity (Wildman–Crippen MR) is 70.9 cm³/mol. The number of nitrogens with one attached hydrogen (secondary N) is 1. The van der Waals surface area contributed by atoms with Gasteiger partial charge in [0, 0.05) is 12.2 Å². The summed E-state index contributed by atoms with van der Waals surface area (Å²) in [6, 6.07) is 0.0443. The molecule has 1 amide bonds. The van der Waals surface area contributed by atoms with Gasteiger partial charge in [0.1, 0.15) is 0 Å². The van der Waals surface area contributed by atoms with Crippen LogP contribution < -0.4 is 11.1 Å². The minimum absolute atomic E-state index is 0.00263. The molecule has 0 aliphatic heterocycles. The van der Waals surface area contributed by atoms with Crippen LogP contribution in [0, 0.1) is 24.7 Å². The smallest absolute Gasteiger partial charge is 0.225 e. The highest BCUT2D eigenvalue weighted by Gasteiger charge is 2.48. The van der Waals surface area contributed by atoms with E-state index in [0.717, 1.165) is 24.2 Å². The summed E-state index contributed by atoms with van der Waals surface area (Å²) >= 11 is 0. The van der Waals surface area contributed by atoms with Crippen molar-refractivity contribution in [2.75, 3.05) is 0 Å². The minimum atomic E-state index is -0.00263. The van der Waals surface area contributed by atoms with Gasteiger partial charge in [0.25, 0.3) is 0 Å². The number of hydrogen-bond donors (Lipinski definition) is 2. The average molecular weight is 260 g/mol. The maximum atomic E-state index is 12.2. The third-order valence-electron chi connectivity index (χ3n) is 4.56. The molecule has 2 saturated carbocycles. The third kappa shape index (κ3) is 2.34. The predicted octanol–water partition coefficient (Wildman–Crippen LogP) is 0.775. The Hall–Kier alpha value is -1.49. The first-order valence-electron chi connectivity index (χ1n) is 6.96. The second-order valence-corrected chi connectivity index (χ2v) is 5.80. The maximum Gasteiger partial charge on any atom is 0.225 e. The van der Waals surface area contributed by atoms with Crippen molar-refractivity contribution in [2.24, 2.45) is 23.5 Å². The van der Waals surface area contributed by atoms with Crippen LogP contribution in [0.25, 0.3) is 0 Å². The van der Waals surface area contributed by atoms with Gasteiger partial charge in [-0.3, -0.25) is 14.8 Å². The van der Waals surface area contributed by atoms with Gasteiger partial charge in [-0.25, -0.2) is 0 Å². The number of rotatable bonds is 3. The Bertz CT molecular complexity index is 471. The van der Waals surface area contributed by atoms with Crippen LogP contribution in [-0.2, 0) is 11.3 Å². The Labute approximate surface area is 113 Å². The Morgan fingerprint density at radius 1 is 1.37 bits per heavy atom. The molecule has 4 atom stereocenters. The van der Waals surface area contributed by atoms with Crippen LogP contribution in [0.1, 0.15) is 30.7 Å². The van der Waals surface area contributed by atoms with E-state index in [2.05, 4.69) is 15.3 Å². The number of fused-ring (bicyclic) bond motifs is 2. The number of hydrogen-bond acceptors (Lipinski definition) is 4. The number of amides is 1. The Morgan fingerprint density at radius 2 is 2.16 bits per heavy atom. The first kappa shape index (κ1) is 12.5. The SMILES string of the molecule is Cc1cnc(CNC(=O)C2C3CCC(C3)C2N)cn1. The number of aromatic nitrogens is 2. The van der Waals surface area contributed by atoms with Gasteiger partial charge in [-0.15, -0.1) is 0 Å². The standard InChI is InChI=1S/C14H20N4O/c1-8-5-17-11(6-16-8)7-18-14(19)12-9-2-3-10(4-9)13(12)15/h5-6,9-10,12-13H,2-4,7,15H2,1H3,(H,18,19). The monoisotopic (exact) mass is 260 g/mol. The molecular weight excluding hydrogens is 240 g/mol. The lowest BCUT2D eigenvalue weighted by Gasteiger charge is -2.26. The van der Waals surface area contributed by atoms with Gasteiger partial charge in [-0.1, -0.05) is 0 Å². The first-order chi connectivity index (χ1) is 9.15. The molecule has 2 bridgehead atoms. The van der Waals surface area contributed by atoms with Crippen molar-refractivity contribution in [3.63, 3.8) is 0 Å². The lowest BCUT2D eigenvalue weighted by atomic mass is 9.84. The summed E-state index contributed by atoms with van der Waals surface area (Å²) < 4.78 is 0. The van der Waals surface area contributed by atoms with Gasteiger partial charge < -0.3 is 11.1 Å². The molecule has 0 spiro atoms. The van der Waals surface area contributed by atoms with Gasteiger partial charge in [0.2, 0.25) is 5.91 Å². The van der Waals surface area contributed by atoms with E-state index in [1.165, 1.54) is 6.42 Å². The van der Waals surface area contributed by atoms with Crippen molar-refractivity contribution in [2.45, 2.75) is 38.8 Å². The zero-order valence-corrected chi connectivity index (χ0v) is 11.2. The molecule has 0 aromatic carbocycles. The topological polar surface area (TPSA) is 80.9 Å². The van der Waals surface area contributed by atoms with Crippen molar-refractivity contribution >= 4 is 5.91 Å². The highest BCUT2D eigenvalue weighted by Crippen LogP contribution is 2.47. The number of nitrogens with zero attached hydrogens (tertiary/aromatic N) is 2. The largest absolute Gasteiger partial charge is 0.350 e. The molecule has 1 aromatic heterocycles. The van der Waals surface area contributed by atoms with E-state index in [4.69, 9.17) is 5.73 Å². The van der Waals surface area contributed by atoms with E-state index >= 15 is 0 Å². The third-order valence-corrected chi connectivity index (χ3v) is 4.56. The molecule has 5 nitrogen and oxygen atoms in total. The summed E-state index contributed by atoms with van der Waals surface area (Å²) in [7, 11) is 0. The fourth-order valence-electron chi connectivity index (χ4n) is 3.53. The van der Waals surface area contributed by atoms with Crippen LogP contribution in [0.2, 0.25) is 0 Å². The van der Waals surface area contributed by atoms with Gasteiger partial charge in [-0.2, -0.15) is 0 Å². The lowest BCUT2D eigenvalue weighted by Crippen LogP contribution is -2.45. The summed E-state index contributed by atoms with van der Waals surface area (Å²) in [5, 5.41) is 2.95. The number of aryl methyl sites for hydroxylation is 1. The van der Waals surface area contributed by atoms with Gasteiger partial charge in [0.15, 0.2) is 0 Å². The molecule has 2 aliphatic carbocycles. The summed E-state index contributed by atoms with van der Waals surface area (Å²) in [4.78, 5) is 20.7. The van der Waals surface area contributed by atoms with Gasteiger partial charge >= 0.3 is 0 Å². The molecule has 2 aliphatic rings. The average Bonchev–Trinajstić information content (AvgIpc) is 2.98. The molecule has 102 valence electrons. The van der Waals surface area contributed by atoms with E-state index in [0.29, 0.717) is 18.4 Å². The molecular formula is C14H20N4O. The molecule has 1 heterocycles. The number of carbonyl (C=O) groups excluding carboxylic acids is 1. The first-order valence-corrected chi connectivity index (χ1v) is 6.96. The van der Waals surface area contributed by atoms with E-state index in [1.54, 1.807) is 12.4 Å². The molecule has 0 saturated heterocycles. The van der Waals surface area contributed by atoms with E-state index in [9.17, 15) is 4.79 Å². The zero-order chi connectivity index (χ0) is 13.4. The zero-order valence-electron chi connectivity index (χ0n) is 11.2. The van der Waals surface area contributed by atoms with Crippen LogP contribution in [0.4, 0.5) is 0 Å². The molecule has 5 heteroatoms. The number of nitrogens with two attached hydrogens (primary N) is 1. The van der Waals surface area contributed by atoms with Crippen molar-refractivity contribution < 1.29 is 4.79 Å². The second-order valence-electron chi connectivity index (χ2n) is 5.80. The number of carbonyl (C=O) groups is 1. The molecule has 19 heavy (non-hydrogen) atoms. The highest BCUT2D eigenvalue weighted by atomic mass is 16.1. The van der Waals surface area contributed by atoms with Crippen LogP contribution in [0.5, 0.6) is 0 Å². The summed E-state index contributed by atoms with van der Waals surface area (Å²) in [6.07, 6.45) is 6.89. The normalized spacial score (nSPS) is 32.5. The summed E-state index contributed by atoms with van der Waals surface area (Å²) in [6.45, 7) is 2.33. The Balaban J connectivity index is 1.58. The molecule has 2 fully saturated rings. The van der Waals surface area contributed by atoms with Crippen LogP contribution in [0.3, 0.4) is 0 Å². The van der Waals surface area contributed by atoms with Crippen LogP contribution in [-0.4, -0.2) is 21.9 Å². The Kier molecular flexibility index (Phi) is 3.22. The minimum Gasteiger partial charge on any atom is -0.350 e. The molecule has 3 N–H and O–H groups in total. The van der Waals surface area contributed by atoms with Gasteiger partial charge in [0.05, 0.1) is 30.0 Å². The summed E-state index contributed by atoms with van der Waals surface area (Å²) in [5.41, 5.74) is 7.83. The van der Waals surface area contributed by atoms with Crippen molar-refractivity contribution in [1.82, 2.24) is 15.3 Å². The fraction of sp³-hybridized carbons (Fsp3) is 0.643. The van der Waals surface area contributed by atoms with E-state index in [-0.39, 0.29) is 17.9 Å². The molecule has 3 rings (SSSR count). The molecule has 4 unspecified atom stereocenters. The van der Waals surface area contributed by atoms with Crippen molar-refractivity contribution in [3.05, 3.63) is 23.8 Å². The quantitative estimate of drug-likeness (QED) is 0.841. The lowest BCUT2D eigenvalue weighted by molar-refractivity contribution is -0.127. The van der Waals surface area contributed by atoms with Crippen molar-refractivity contribution in [1.29, 1.82) is 0 Å². The molecule has 1 aromatic rings. The second kappa shape index (κ2) is 4.89. The van der Waals surface area contributed by atoms with Crippen molar-refractivity contribution in [3.8, 4) is 0 Å². The van der Waals surface area contributed by atoms with Gasteiger partial charge in [-0.05, 0) is 38.0 Å². The molecule has 0 radical (unpaired) electrons. The van der Waals surface area contributed by atoms with Crippen LogP contribution >= 0.6 is 0 Å². The Morgan fingerprint density at radius 3 is 2.79 bits per heavy atom. The van der Waals surface area contributed by atoms with E-state index < -0.39 is 0 Å². The van der Waals surface area contributed by atoms with E-state index in [1.807, 2.05) is 6.92 Å². The summed E-state index contributed by atoms with van der Waals surface area (Å²) in [5.74, 6) is 1.13. The fourth-order valence-corrected chi connectivity index (χ4v) is 3.53. The van der Waals surface area contributed by atoms with Crippen LogP contribution in [0.15, 0.2) is 12.4 Å². The highest BCUT2D eigenvalue weighted by molar-refractivity contribution is 5.80. The maximum absolute atomic E-state index is 12.2.